The first-order valence-corrected chi connectivity index (χ1v) is 10.0. The van der Waals surface area contributed by atoms with Crippen LogP contribution in [-0.4, -0.2) is 51.0 Å². The van der Waals surface area contributed by atoms with Gasteiger partial charge in [0.1, 0.15) is 17.7 Å². The van der Waals surface area contributed by atoms with Gasteiger partial charge in [-0.2, -0.15) is 18.3 Å². The first-order valence-electron chi connectivity index (χ1n) is 10.0. The van der Waals surface area contributed by atoms with Gasteiger partial charge >= 0.3 is 6.18 Å². The molecule has 2 aromatic heterocycles. The monoisotopic (exact) mass is 435 g/mol. The molecule has 0 spiro atoms. The van der Waals surface area contributed by atoms with Gasteiger partial charge in [0, 0.05) is 44.6 Å². The standard InChI is InChI=1S/C21H24F3N5O2/c1-28-16(6-10-30-17-4-2-15(3-5-17)21(22,23)24)12-18(27-28)19-13-29(9-11-31-19)14-20-25-7-8-26-20/h2-5,7-8,12,19H,6,9-11,13-14H2,1H3,(H,25,26)/t19-/m1/s1. The zero-order chi connectivity index (χ0) is 21.8. The molecule has 1 fully saturated rings. The van der Waals surface area contributed by atoms with E-state index < -0.39 is 11.7 Å². The Labute approximate surface area is 177 Å². The van der Waals surface area contributed by atoms with E-state index in [1.54, 1.807) is 10.9 Å². The molecule has 0 radical (unpaired) electrons. The van der Waals surface area contributed by atoms with E-state index in [1.807, 2.05) is 19.3 Å². The summed E-state index contributed by atoms with van der Waals surface area (Å²) in [5.41, 5.74) is 1.13. The Balaban J connectivity index is 1.31. The maximum Gasteiger partial charge on any atom is 0.416 e. The molecule has 1 aromatic carbocycles. The molecule has 4 rings (SSSR count). The second-order valence-electron chi connectivity index (χ2n) is 7.44. The summed E-state index contributed by atoms with van der Waals surface area (Å²) in [6, 6.07) is 6.71. The molecule has 7 nitrogen and oxygen atoms in total. The number of imidazole rings is 1. The van der Waals surface area contributed by atoms with E-state index in [0.717, 1.165) is 49.0 Å². The van der Waals surface area contributed by atoms with Crippen LogP contribution in [0.5, 0.6) is 5.75 Å². The zero-order valence-corrected chi connectivity index (χ0v) is 17.1. The summed E-state index contributed by atoms with van der Waals surface area (Å²) < 4.78 is 51.2. The van der Waals surface area contributed by atoms with E-state index in [2.05, 4.69) is 20.0 Å². The number of nitrogens with one attached hydrogen (secondary N) is 1. The number of aromatic amines is 1. The van der Waals surface area contributed by atoms with Crippen molar-refractivity contribution in [1.82, 2.24) is 24.6 Å². The average molecular weight is 435 g/mol. The van der Waals surface area contributed by atoms with Crippen LogP contribution in [0.2, 0.25) is 0 Å². The average Bonchev–Trinajstić information content (AvgIpc) is 3.38. The minimum Gasteiger partial charge on any atom is -0.493 e. The fourth-order valence-corrected chi connectivity index (χ4v) is 3.56. The van der Waals surface area contributed by atoms with Crippen LogP contribution in [0.25, 0.3) is 0 Å². The quantitative estimate of drug-likeness (QED) is 0.617. The van der Waals surface area contributed by atoms with Gasteiger partial charge in [-0.1, -0.05) is 0 Å². The van der Waals surface area contributed by atoms with Crippen molar-refractivity contribution in [1.29, 1.82) is 0 Å². The van der Waals surface area contributed by atoms with Gasteiger partial charge < -0.3 is 14.5 Å². The van der Waals surface area contributed by atoms with Crippen molar-refractivity contribution in [2.45, 2.75) is 25.2 Å². The first kappa shape index (κ1) is 21.4. The summed E-state index contributed by atoms with van der Waals surface area (Å²) >= 11 is 0. The summed E-state index contributed by atoms with van der Waals surface area (Å²) in [5.74, 6) is 1.32. The Morgan fingerprint density at radius 2 is 2.06 bits per heavy atom. The van der Waals surface area contributed by atoms with Crippen LogP contribution in [-0.2, 0) is 30.9 Å². The first-order chi connectivity index (χ1) is 14.9. The molecule has 0 saturated carbocycles. The zero-order valence-electron chi connectivity index (χ0n) is 17.1. The molecule has 31 heavy (non-hydrogen) atoms. The van der Waals surface area contributed by atoms with Crippen LogP contribution in [0, 0.1) is 0 Å². The number of alkyl halides is 3. The molecule has 3 heterocycles. The van der Waals surface area contributed by atoms with Gasteiger partial charge in [-0.25, -0.2) is 4.98 Å². The maximum atomic E-state index is 12.6. The van der Waals surface area contributed by atoms with E-state index in [-0.39, 0.29) is 6.10 Å². The van der Waals surface area contributed by atoms with Crippen molar-refractivity contribution in [3.05, 3.63) is 65.5 Å². The van der Waals surface area contributed by atoms with Crippen LogP contribution < -0.4 is 4.74 Å². The third-order valence-electron chi connectivity index (χ3n) is 5.21. The molecule has 0 unspecified atom stereocenters. The highest BCUT2D eigenvalue weighted by Gasteiger charge is 2.30. The van der Waals surface area contributed by atoms with Gasteiger partial charge in [0.05, 0.1) is 31.0 Å². The van der Waals surface area contributed by atoms with Crippen LogP contribution in [0.1, 0.15) is 28.9 Å². The summed E-state index contributed by atoms with van der Waals surface area (Å²) in [6.45, 7) is 3.24. The molecular weight excluding hydrogens is 411 g/mol. The summed E-state index contributed by atoms with van der Waals surface area (Å²) in [7, 11) is 1.86. The molecule has 1 N–H and O–H groups in total. The lowest BCUT2D eigenvalue weighted by Crippen LogP contribution is -2.38. The predicted octanol–water partition coefficient (Wildman–Crippen LogP) is 3.36. The van der Waals surface area contributed by atoms with Crippen LogP contribution >= 0.6 is 0 Å². The third kappa shape index (κ3) is 5.45. The van der Waals surface area contributed by atoms with Crippen molar-refractivity contribution in [2.75, 3.05) is 26.3 Å². The second kappa shape index (κ2) is 9.11. The van der Waals surface area contributed by atoms with Crippen LogP contribution in [0.4, 0.5) is 13.2 Å². The van der Waals surface area contributed by atoms with E-state index in [0.29, 0.717) is 25.4 Å². The Morgan fingerprint density at radius 1 is 1.26 bits per heavy atom. The van der Waals surface area contributed by atoms with E-state index in [4.69, 9.17) is 9.47 Å². The number of aromatic nitrogens is 4. The smallest absolute Gasteiger partial charge is 0.416 e. The van der Waals surface area contributed by atoms with E-state index >= 15 is 0 Å². The number of benzene rings is 1. The number of rotatable bonds is 7. The second-order valence-corrected chi connectivity index (χ2v) is 7.44. The van der Waals surface area contributed by atoms with Crippen molar-refractivity contribution in [3.8, 4) is 5.75 Å². The molecule has 1 saturated heterocycles. The van der Waals surface area contributed by atoms with Gasteiger partial charge in [-0.05, 0) is 30.3 Å². The van der Waals surface area contributed by atoms with Gasteiger partial charge in [0.2, 0.25) is 0 Å². The molecule has 1 aliphatic rings. The van der Waals surface area contributed by atoms with Gasteiger partial charge in [-0.15, -0.1) is 0 Å². The highest BCUT2D eigenvalue weighted by Crippen LogP contribution is 2.30. The number of aryl methyl sites for hydroxylation is 1. The molecule has 1 atom stereocenters. The molecule has 1 aliphatic heterocycles. The highest BCUT2D eigenvalue weighted by atomic mass is 19.4. The molecule has 0 aliphatic carbocycles. The van der Waals surface area contributed by atoms with Gasteiger partial charge in [0.15, 0.2) is 0 Å². The number of halogens is 3. The van der Waals surface area contributed by atoms with Crippen molar-refractivity contribution >= 4 is 0 Å². The Bertz CT molecular complexity index is 970. The topological polar surface area (TPSA) is 68.2 Å². The van der Waals surface area contributed by atoms with Crippen molar-refractivity contribution in [3.63, 3.8) is 0 Å². The lowest BCUT2D eigenvalue weighted by molar-refractivity contribution is -0.137. The number of hydrogen-bond donors (Lipinski definition) is 1. The molecular formula is C21H24F3N5O2. The Kier molecular flexibility index (Phi) is 6.28. The van der Waals surface area contributed by atoms with Gasteiger partial charge in [0.25, 0.3) is 0 Å². The maximum absolute atomic E-state index is 12.6. The minimum absolute atomic E-state index is 0.125. The Hall–Kier alpha value is -2.85. The number of morpholine rings is 1. The minimum atomic E-state index is -4.35. The SMILES string of the molecule is Cn1nc([C@H]2CN(Cc3ncc[nH]3)CCO2)cc1CCOc1ccc(C(F)(F)F)cc1. The lowest BCUT2D eigenvalue weighted by Gasteiger charge is -2.31. The fraction of sp³-hybridized carbons (Fsp3) is 0.429. The van der Waals surface area contributed by atoms with Crippen molar-refractivity contribution < 1.29 is 22.6 Å². The molecule has 0 bridgehead atoms. The molecule has 10 heteroatoms. The number of ether oxygens (including phenoxy) is 2. The van der Waals surface area contributed by atoms with E-state index in [1.165, 1.54) is 12.1 Å². The van der Waals surface area contributed by atoms with E-state index in [9.17, 15) is 13.2 Å². The van der Waals surface area contributed by atoms with Crippen molar-refractivity contribution in [2.24, 2.45) is 7.05 Å². The summed E-state index contributed by atoms with van der Waals surface area (Å²) in [5, 5.41) is 4.59. The number of hydrogen-bond acceptors (Lipinski definition) is 5. The van der Waals surface area contributed by atoms with Crippen LogP contribution in [0.15, 0.2) is 42.7 Å². The predicted molar refractivity (Wildman–Crippen MR) is 106 cm³/mol. The summed E-state index contributed by atoms with van der Waals surface area (Å²) in [6.07, 6.45) is -0.346. The fourth-order valence-electron chi connectivity index (χ4n) is 3.56. The number of H-pyrrole nitrogens is 1. The summed E-state index contributed by atoms with van der Waals surface area (Å²) in [4.78, 5) is 9.66. The largest absolute Gasteiger partial charge is 0.493 e. The number of nitrogens with zero attached hydrogens (tertiary/aromatic N) is 4. The highest BCUT2D eigenvalue weighted by molar-refractivity contribution is 5.29. The van der Waals surface area contributed by atoms with Gasteiger partial charge in [-0.3, -0.25) is 9.58 Å². The normalized spacial score (nSPS) is 17.7. The molecule has 166 valence electrons. The Morgan fingerprint density at radius 3 is 2.77 bits per heavy atom. The molecule has 0 amide bonds. The molecule has 3 aromatic rings. The third-order valence-corrected chi connectivity index (χ3v) is 5.21. The van der Waals surface area contributed by atoms with Crippen LogP contribution in [0.3, 0.4) is 0 Å². The lowest BCUT2D eigenvalue weighted by atomic mass is 10.2.